The van der Waals surface area contributed by atoms with E-state index in [0.717, 1.165) is 16.8 Å². The second-order valence-electron chi connectivity index (χ2n) is 6.66. The van der Waals surface area contributed by atoms with Gasteiger partial charge in [-0.25, -0.2) is 0 Å². The molecule has 0 aliphatic carbocycles. The molecule has 0 spiro atoms. The standard InChI is InChI=1S/C23H19N3O2/c1-16-6-5-9-19(14-16)25-21-20(18-7-3-2-4-8-18)22(27)26(23(21)28)15-17-10-12-24-13-11-17/h2-14,25H,15H2,1H3. The van der Waals surface area contributed by atoms with Crippen molar-refractivity contribution < 1.29 is 9.59 Å². The van der Waals surface area contributed by atoms with E-state index in [1.165, 1.54) is 4.90 Å². The lowest BCUT2D eigenvalue weighted by atomic mass is 10.0. The van der Waals surface area contributed by atoms with Crippen molar-refractivity contribution in [2.75, 3.05) is 5.32 Å². The second kappa shape index (κ2) is 7.48. The predicted octanol–water partition coefficient (Wildman–Crippen LogP) is 3.78. The van der Waals surface area contributed by atoms with E-state index in [1.54, 1.807) is 24.5 Å². The Balaban J connectivity index is 1.74. The Labute approximate surface area is 163 Å². The number of carbonyl (C=O) groups is 2. The normalized spacial score (nSPS) is 14.0. The summed E-state index contributed by atoms with van der Waals surface area (Å²) in [6.45, 7) is 2.19. The molecule has 4 rings (SSSR count). The van der Waals surface area contributed by atoms with Crippen LogP contribution in [0.1, 0.15) is 16.7 Å². The highest BCUT2D eigenvalue weighted by Gasteiger charge is 2.39. The quantitative estimate of drug-likeness (QED) is 0.695. The molecular formula is C23H19N3O2. The van der Waals surface area contributed by atoms with Gasteiger partial charge in [0.15, 0.2) is 0 Å². The van der Waals surface area contributed by atoms with Gasteiger partial charge in [-0.15, -0.1) is 0 Å². The summed E-state index contributed by atoms with van der Waals surface area (Å²) in [4.78, 5) is 31.6. The van der Waals surface area contributed by atoms with Crippen LogP contribution < -0.4 is 5.32 Å². The monoisotopic (exact) mass is 369 g/mol. The number of nitrogens with one attached hydrogen (secondary N) is 1. The van der Waals surface area contributed by atoms with Gasteiger partial charge in [-0.05, 0) is 47.9 Å². The van der Waals surface area contributed by atoms with Gasteiger partial charge in [0.1, 0.15) is 5.70 Å². The molecule has 1 aromatic heterocycles. The van der Waals surface area contributed by atoms with Crippen molar-refractivity contribution in [3.63, 3.8) is 0 Å². The fraction of sp³-hybridized carbons (Fsp3) is 0.0870. The Morgan fingerprint density at radius 2 is 1.64 bits per heavy atom. The number of pyridine rings is 1. The van der Waals surface area contributed by atoms with Crippen LogP contribution in [0.4, 0.5) is 5.69 Å². The van der Waals surface area contributed by atoms with Crippen LogP contribution in [0.3, 0.4) is 0 Å². The third-order valence-electron chi connectivity index (χ3n) is 4.61. The second-order valence-corrected chi connectivity index (χ2v) is 6.66. The van der Waals surface area contributed by atoms with Gasteiger partial charge >= 0.3 is 0 Å². The summed E-state index contributed by atoms with van der Waals surface area (Å²) < 4.78 is 0. The average Bonchev–Trinajstić information content (AvgIpc) is 2.94. The molecule has 0 bridgehead atoms. The van der Waals surface area contributed by atoms with Crippen molar-refractivity contribution in [3.8, 4) is 0 Å². The van der Waals surface area contributed by atoms with E-state index >= 15 is 0 Å². The fourth-order valence-corrected chi connectivity index (χ4v) is 3.25. The third kappa shape index (κ3) is 3.42. The average molecular weight is 369 g/mol. The molecule has 0 saturated heterocycles. The van der Waals surface area contributed by atoms with Crippen LogP contribution in [0.15, 0.2) is 84.8 Å². The van der Waals surface area contributed by atoms with Crippen LogP contribution in [0.25, 0.3) is 5.57 Å². The lowest BCUT2D eigenvalue weighted by molar-refractivity contribution is -0.137. The Morgan fingerprint density at radius 1 is 0.893 bits per heavy atom. The first-order chi connectivity index (χ1) is 13.6. The number of amides is 2. The zero-order valence-electron chi connectivity index (χ0n) is 15.4. The first-order valence-corrected chi connectivity index (χ1v) is 9.02. The van der Waals surface area contributed by atoms with Crippen LogP contribution in [0.2, 0.25) is 0 Å². The minimum Gasteiger partial charge on any atom is -0.350 e. The van der Waals surface area contributed by atoms with Crippen molar-refractivity contribution in [3.05, 3.63) is 102 Å². The van der Waals surface area contributed by atoms with E-state index < -0.39 is 0 Å². The minimum absolute atomic E-state index is 0.204. The molecule has 0 fully saturated rings. The zero-order chi connectivity index (χ0) is 19.5. The molecule has 1 N–H and O–H groups in total. The molecule has 0 unspecified atom stereocenters. The summed E-state index contributed by atoms with van der Waals surface area (Å²) in [5, 5.41) is 3.18. The maximum Gasteiger partial charge on any atom is 0.278 e. The maximum absolute atomic E-state index is 13.2. The summed E-state index contributed by atoms with van der Waals surface area (Å²) in [7, 11) is 0. The number of aryl methyl sites for hydroxylation is 1. The molecule has 0 atom stereocenters. The number of carbonyl (C=O) groups excluding carboxylic acids is 2. The summed E-state index contributed by atoms with van der Waals surface area (Å²) in [6, 6.07) is 20.6. The Kier molecular flexibility index (Phi) is 4.72. The molecule has 1 aliphatic heterocycles. The molecule has 2 amide bonds. The topological polar surface area (TPSA) is 62.3 Å². The van der Waals surface area contributed by atoms with E-state index in [2.05, 4.69) is 10.3 Å². The van der Waals surface area contributed by atoms with Gasteiger partial charge in [-0.3, -0.25) is 19.5 Å². The number of hydrogen-bond donors (Lipinski definition) is 1. The molecule has 138 valence electrons. The van der Waals surface area contributed by atoms with Crippen LogP contribution in [-0.2, 0) is 16.1 Å². The maximum atomic E-state index is 13.2. The summed E-state index contributed by atoms with van der Waals surface area (Å²) in [5.41, 5.74) is 4.10. The van der Waals surface area contributed by atoms with Gasteiger partial charge in [0.05, 0.1) is 12.1 Å². The minimum atomic E-state index is -0.331. The van der Waals surface area contributed by atoms with Crippen molar-refractivity contribution >= 4 is 23.1 Å². The lowest BCUT2D eigenvalue weighted by Crippen LogP contribution is -2.32. The fourth-order valence-electron chi connectivity index (χ4n) is 3.25. The van der Waals surface area contributed by atoms with Crippen LogP contribution in [0.5, 0.6) is 0 Å². The van der Waals surface area contributed by atoms with E-state index in [9.17, 15) is 9.59 Å². The van der Waals surface area contributed by atoms with Gasteiger partial charge in [0.2, 0.25) is 0 Å². The van der Waals surface area contributed by atoms with E-state index in [4.69, 9.17) is 0 Å². The van der Waals surface area contributed by atoms with Crippen molar-refractivity contribution in [2.24, 2.45) is 0 Å². The number of nitrogens with zero attached hydrogens (tertiary/aromatic N) is 2. The molecular weight excluding hydrogens is 350 g/mol. The Morgan fingerprint density at radius 3 is 2.36 bits per heavy atom. The third-order valence-corrected chi connectivity index (χ3v) is 4.61. The van der Waals surface area contributed by atoms with Crippen molar-refractivity contribution in [2.45, 2.75) is 13.5 Å². The highest BCUT2D eigenvalue weighted by atomic mass is 16.2. The Hall–Kier alpha value is -3.73. The number of benzene rings is 2. The van der Waals surface area contributed by atoms with Crippen LogP contribution >= 0.6 is 0 Å². The molecule has 1 aliphatic rings. The number of rotatable bonds is 5. The molecule has 3 aromatic rings. The number of hydrogen-bond acceptors (Lipinski definition) is 4. The Bertz CT molecular complexity index is 1060. The molecule has 5 nitrogen and oxygen atoms in total. The molecule has 2 aromatic carbocycles. The smallest absolute Gasteiger partial charge is 0.278 e. The van der Waals surface area contributed by atoms with E-state index in [0.29, 0.717) is 16.8 Å². The molecule has 0 radical (unpaired) electrons. The van der Waals surface area contributed by atoms with Crippen molar-refractivity contribution in [1.82, 2.24) is 9.88 Å². The van der Waals surface area contributed by atoms with Gasteiger partial charge in [-0.1, -0.05) is 42.5 Å². The predicted molar refractivity (Wildman–Crippen MR) is 108 cm³/mol. The van der Waals surface area contributed by atoms with Gasteiger partial charge in [0.25, 0.3) is 11.8 Å². The van der Waals surface area contributed by atoms with Gasteiger partial charge < -0.3 is 5.32 Å². The largest absolute Gasteiger partial charge is 0.350 e. The molecule has 2 heterocycles. The lowest BCUT2D eigenvalue weighted by Gasteiger charge is -2.15. The molecule has 5 heteroatoms. The first kappa shape index (κ1) is 17.7. The van der Waals surface area contributed by atoms with Crippen LogP contribution in [0, 0.1) is 6.92 Å². The SMILES string of the molecule is Cc1cccc(NC2=C(c3ccccc3)C(=O)N(Cc3ccncc3)C2=O)c1. The van der Waals surface area contributed by atoms with E-state index in [-0.39, 0.29) is 18.4 Å². The van der Waals surface area contributed by atoms with Gasteiger partial charge in [0, 0.05) is 18.1 Å². The summed E-state index contributed by atoms with van der Waals surface area (Å²) >= 11 is 0. The number of imide groups is 1. The van der Waals surface area contributed by atoms with E-state index in [1.807, 2.05) is 61.5 Å². The van der Waals surface area contributed by atoms with Crippen molar-refractivity contribution in [1.29, 1.82) is 0 Å². The van der Waals surface area contributed by atoms with Crippen LogP contribution in [-0.4, -0.2) is 21.7 Å². The van der Waals surface area contributed by atoms with Gasteiger partial charge in [-0.2, -0.15) is 0 Å². The molecule has 28 heavy (non-hydrogen) atoms. The first-order valence-electron chi connectivity index (χ1n) is 9.02. The number of anilines is 1. The number of aromatic nitrogens is 1. The highest BCUT2D eigenvalue weighted by molar-refractivity contribution is 6.36. The molecule has 0 saturated carbocycles. The highest BCUT2D eigenvalue weighted by Crippen LogP contribution is 2.31. The zero-order valence-corrected chi connectivity index (χ0v) is 15.4. The summed E-state index contributed by atoms with van der Waals surface area (Å²) in [5.74, 6) is -0.634. The summed E-state index contributed by atoms with van der Waals surface area (Å²) in [6.07, 6.45) is 3.30.